The van der Waals surface area contributed by atoms with Crippen molar-refractivity contribution < 1.29 is 4.79 Å². The van der Waals surface area contributed by atoms with Crippen LogP contribution < -0.4 is 5.32 Å². The summed E-state index contributed by atoms with van der Waals surface area (Å²) in [6.45, 7) is 4.03. The molecule has 4 heteroatoms. The van der Waals surface area contributed by atoms with Gasteiger partial charge in [-0.2, -0.15) is 0 Å². The molecule has 1 aromatic heterocycles. The third-order valence-corrected chi connectivity index (χ3v) is 2.69. The molecule has 0 radical (unpaired) electrons. The van der Waals surface area contributed by atoms with E-state index < -0.39 is 0 Å². The molecule has 90 valence electrons. The first kappa shape index (κ1) is 12.1. The first-order chi connectivity index (χ1) is 8.61. The van der Waals surface area contributed by atoms with Crippen LogP contribution in [-0.4, -0.2) is 22.4 Å². The summed E-state index contributed by atoms with van der Waals surface area (Å²) in [6, 6.07) is 5.23. The summed E-state index contributed by atoms with van der Waals surface area (Å²) in [4.78, 5) is 20.6. The Labute approximate surface area is 105 Å². The maximum atomic E-state index is 11.7. The highest BCUT2D eigenvalue weighted by Gasteiger charge is 2.07. The lowest BCUT2D eigenvalue weighted by atomic mass is 10.1. The number of rotatable bonds is 2. The van der Waals surface area contributed by atoms with Crippen molar-refractivity contribution in [3.63, 3.8) is 0 Å². The van der Waals surface area contributed by atoms with Crippen LogP contribution >= 0.6 is 0 Å². The number of nitrogens with one attached hydrogen (secondary N) is 1. The van der Waals surface area contributed by atoms with Crippen LogP contribution in [0.25, 0.3) is 11.0 Å². The van der Waals surface area contributed by atoms with Gasteiger partial charge in [0, 0.05) is 5.56 Å². The van der Waals surface area contributed by atoms with E-state index in [9.17, 15) is 4.79 Å². The molecule has 1 heterocycles. The second-order valence-corrected chi connectivity index (χ2v) is 3.98. The van der Waals surface area contributed by atoms with E-state index in [1.807, 2.05) is 13.8 Å². The van der Waals surface area contributed by atoms with Gasteiger partial charge in [0.25, 0.3) is 5.91 Å². The van der Waals surface area contributed by atoms with Gasteiger partial charge in [0.15, 0.2) is 0 Å². The van der Waals surface area contributed by atoms with Crippen molar-refractivity contribution in [1.82, 2.24) is 15.3 Å². The highest BCUT2D eigenvalue weighted by molar-refractivity contribution is 5.97. The van der Waals surface area contributed by atoms with Crippen molar-refractivity contribution in [1.29, 1.82) is 0 Å². The molecule has 0 aliphatic rings. The lowest BCUT2D eigenvalue weighted by Gasteiger charge is -2.05. The van der Waals surface area contributed by atoms with Crippen molar-refractivity contribution in [2.24, 2.45) is 0 Å². The predicted octanol–water partition coefficient (Wildman–Crippen LogP) is 1.61. The predicted molar refractivity (Wildman–Crippen MR) is 70.2 cm³/mol. The molecule has 0 aliphatic heterocycles. The normalized spacial score (nSPS) is 10.1. The fourth-order valence-electron chi connectivity index (χ4n) is 1.61. The van der Waals surface area contributed by atoms with Crippen LogP contribution in [0.3, 0.4) is 0 Å². The van der Waals surface area contributed by atoms with Gasteiger partial charge in [-0.15, -0.1) is 6.42 Å². The van der Waals surface area contributed by atoms with Gasteiger partial charge in [0.05, 0.1) is 29.0 Å². The summed E-state index contributed by atoms with van der Waals surface area (Å²) in [5, 5.41) is 2.62. The number of benzene rings is 1. The zero-order valence-corrected chi connectivity index (χ0v) is 10.3. The van der Waals surface area contributed by atoms with E-state index in [1.54, 1.807) is 18.2 Å². The molecule has 1 amide bonds. The Bertz CT molecular complexity index is 656. The van der Waals surface area contributed by atoms with Crippen molar-refractivity contribution in [3.05, 3.63) is 35.2 Å². The van der Waals surface area contributed by atoms with Gasteiger partial charge in [-0.1, -0.05) is 5.92 Å². The number of hydrogen-bond donors (Lipinski definition) is 1. The first-order valence-corrected chi connectivity index (χ1v) is 5.58. The number of terminal acetylenes is 1. The van der Waals surface area contributed by atoms with E-state index in [-0.39, 0.29) is 12.5 Å². The Kier molecular flexibility index (Phi) is 3.24. The third kappa shape index (κ3) is 2.30. The average Bonchev–Trinajstić information content (AvgIpc) is 2.36. The highest BCUT2D eigenvalue weighted by atomic mass is 16.1. The second-order valence-electron chi connectivity index (χ2n) is 3.98. The van der Waals surface area contributed by atoms with E-state index in [0.29, 0.717) is 11.1 Å². The quantitative estimate of drug-likeness (QED) is 0.810. The Morgan fingerprint density at radius 3 is 2.61 bits per heavy atom. The summed E-state index contributed by atoms with van der Waals surface area (Å²) in [7, 11) is 0. The van der Waals surface area contributed by atoms with Gasteiger partial charge in [-0.3, -0.25) is 4.79 Å². The zero-order chi connectivity index (χ0) is 13.1. The third-order valence-electron chi connectivity index (χ3n) is 2.69. The molecular weight excluding hydrogens is 226 g/mol. The van der Waals surface area contributed by atoms with Crippen LogP contribution in [0.1, 0.15) is 21.7 Å². The maximum absolute atomic E-state index is 11.7. The lowest BCUT2D eigenvalue weighted by Crippen LogP contribution is -2.23. The van der Waals surface area contributed by atoms with Crippen LogP contribution in [0.2, 0.25) is 0 Å². The molecule has 1 N–H and O–H groups in total. The van der Waals surface area contributed by atoms with Gasteiger partial charge >= 0.3 is 0 Å². The van der Waals surface area contributed by atoms with Crippen molar-refractivity contribution in [2.75, 3.05) is 6.54 Å². The molecular formula is C14H13N3O. The molecule has 0 atom stereocenters. The minimum atomic E-state index is -0.199. The van der Waals surface area contributed by atoms with Gasteiger partial charge in [-0.25, -0.2) is 9.97 Å². The number of hydrogen-bond acceptors (Lipinski definition) is 3. The molecule has 0 spiro atoms. The summed E-state index contributed by atoms with van der Waals surface area (Å²) in [6.07, 6.45) is 5.09. The number of nitrogens with zero attached hydrogens (tertiary/aromatic N) is 2. The smallest absolute Gasteiger partial charge is 0.252 e. The number of aryl methyl sites for hydroxylation is 2. The molecule has 18 heavy (non-hydrogen) atoms. The van der Waals surface area contributed by atoms with Gasteiger partial charge < -0.3 is 5.32 Å². The minimum absolute atomic E-state index is 0.199. The van der Waals surface area contributed by atoms with Gasteiger partial charge in [-0.05, 0) is 32.0 Å². The molecule has 0 bridgehead atoms. The summed E-state index contributed by atoms with van der Waals surface area (Å²) in [5.41, 5.74) is 3.80. The Hall–Kier alpha value is -2.41. The maximum Gasteiger partial charge on any atom is 0.252 e. The monoisotopic (exact) mass is 239 g/mol. The van der Waals surface area contributed by atoms with Crippen LogP contribution in [0.4, 0.5) is 0 Å². The fourth-order valence-corrected chi connectivity index (χ4v) is 1.61. The number of carbonyl (C=O) groups excluding carboxylic acids is 1. The van der Waals surface area contributed by atoms with Crippen LogP contribution in [-0.2, 0) is 0 Å². The number of amides is 1. The molecule has 4 nitrogen and oxygen atoms in total. The largest absolute Gasteiger partial charge is 0.341 e. The molecule has 2 rings (SSSR count). The first-order valence-electron chi connectivity index (χ1n) is 5.58. The molecule has 0 saturated carbocycles. The number of fused-ring (bicyclic) bond motifs is 1. The summed E-state index contributed by atoms with van der Waals surface area (Å²) < 4.78 is 0. The van der Waals surface area contributed by atoms with Crippen LogP contribution in [0.5, 0.6) is 0 Å². The molecule has 0 unspecified atom stereocenters. The standard InChI is InChI=1S/C14H13N3O/c1-4-7-15-14(18)11-5-6-12-13(8-11)17-10(3)9(2)16-12/h1,5-6,8H,7H2,2-3H3,(H,15,18). The van der Waals surface area contributed by atoms with Crippen LogP contribution in [0, 0.1) is 26.2 Å². The van der Waals surface area contributed by atoms with Crippen molar-refractivity contribution in [3.8, 4) is 12.3 Å². The topological polar surface area (TPSA) is 54.9 Å². The molecule has 0 saturated heterocycles. The van der Waals surface area contributed by atoms with Crippen molar-refractivity contribution >= 4 is 16.9 Å². The summed E-state index contributed by atoms with van der Waals surface area (Å²) in [5.74, 6) is 2.16. The molecule has 2 aromatic rings. The Morgan fingerprint density at radius 1 is 1.28 bits per heavy atom. The highest BCUT2D eigenvalue weighted by Crippen LogP contribution is 2.14. The van der Waals surface area contributed by atoms with E-state index in [4.69, 9.17) is 6.42 Å². The Morgan fingerprint density at radius 2 is 1.94 bits per heavy atom. The van der Waals surface area contributed by atoms with E-state index in [0.717, 1.165) is 16.9 Å². The number of aromatic nitrogens is 2. The zero-order valence-electron chi connectivity index (χ0n) is 10.3. The SMILES string of the molecule is C#CCNC(=O)c1ccc2nc(C)c(C)nc2c1. The average molecular weight is 239 g/mol. The lowest BCUT2D eigenvalue weighted by molar-refractivity contribution is 0.0959. The van der Waals surface area contributed by atoms with Gasteiger partial charge in [0.2, 0.25) is 0 Å². The number of carbonyl (C=O) groups is 1. The molecule has 0 aliphatic carbocycles. The molecule has 1 aromatic carbocycles. The molecule has 0 fully saturated rings. The van der Waals surface area contributed by atoms with Gasteiger partial charge in [0.1, 0.15) is 0 Å². The Balaban J connectivity index is 2.41. The van der Waals surface area contributed by atoms with E-state index >= 15 is 0 Å². The van der Waals surface area contributed by atoms with Crippen molar-refractivity contribution in [2.45, 2.75) is 13.8 Å². The van der Waals surface area contributed by atoms with E-state index in [1.165, 1.54) is 0 Å². The summed E-state index contributed by atoms with van der Waals surface area (Å²) >= 11 is 0. The second kappa shape index (κ2) is 4.84. The fraction of sp³-hybridized carbons (Fsp3) is 0.214. The minimum Gasteiger partial charge on any atom is -0.341 e. The van der Waals surface area contributed by atoms with Crippen LogP contribution in [0.15, 0.2) is 18.2 Å². The van der Waals surface area contributed by atoms with E-state index in [2.05, 4.69) is 21.2 Å².